The Bertz CT molecular complexity index is 1770. The number of benzene rings is 2. The van der Waals surface area contributed by atoms with Gasteiger partial charge in [0.1, 0.15) is 24.5 Å². The topological polar surface area (TPSA) is 135 Å². The molecule has 0 saturated heterocycles. The van der Waals surface area contributed by atoms with Gasteiger partial charge in [-0.25, -0.2) is 19.2 Å². The van der Waals surface area contributed by atoms with E-state index in [9.17, 15) is 24.0 Å². The third-order valence-electron chi connectivity index (χ3n) is 7.65. The molecule has 0 bridgehead atoms. The fourth-order valence-electron chi connectivity index (χ4n) is 5.66. The number of para-hydroxylation sites is 1. The summed E-state index contributed by atoms with van der Waals surface area (Å²) in [6.45, 7) is 5.72. The summed E-state index contributed by atoms with van der Waals surface area (Å²) >= 11 is 2.69. The Morgan fingerprint density at radius 2 is 1.28 bits per heavy atom. The van der Waals surface area contributed by atoms with Gasteiger partial charge in [-0.1, -0.05) is 65.6 Å². The van der Waals surface area contributed by atoms with E-state index in [-0.39, 0.29) is 32.8 Å². The zero-order chi connectivity index (χ0) is 34.3. The third-order valence-corrected chi connectivity index (χ3v) is 12.3. The number of fused-ring (bicyclic) bond motifs is 3. The maximum Gasteiger partial charge on any atom is 0.345 e. The van der Waals surface area contributed by atoms with Crippen LogP contribution in [-0.2, 0) is 38.1 Å². The van der Waals surface area contributed by atoms with Gasteiger partial charge in [-0.3, -0.25) is 9.69 Å². The molecule has 14 heteroatoms. The van der Waals surface area contributed by atoms with Crippen LogP contribution in [0, 0.1) is 0 Å². The lowest BCUT2D eigenvalue weighted by molar-refractivity contribution is -0.138. The minimum atomic E-state index is -1.69. The van der Waals surface area contributed by atoms with E-state index in [0.717, 1.165) is 35.3 Å². The molecular formula is C33H31NO10S3. The number of thioether (sulfide) groups is 3. The Hall–Kier alpha value is -4.14. The molecule has 0 N–H and O–H groups in total. The van der Waals surface area contributed by atoms with Crippen molar-refractivity contribution in [3.63, 3.8) is 0 Å². The van der Waals surface area contributed by atoms with E-state index < -0.39 is 33.5 Å². The molecule has 0 radical (unpaired) electrons. The number of ether oxygens (including phenoxy) is 5. The summed E-state index contributed by atoms with van der Waals surface area (Å²) < 4.78 is 24.9. The van der Waals surface area contributed by atoms with Gasteiger partial charge >= 0.3 is 23.9 Å². The average Bonchev–Trinajstić information content (AvgIpc) is 3.47. The summed E-state index contributed by atoms with van der Waals surface area (Å²) in [6.07, 6.45) is 0. The summed E-state index contributed by atoms with van der Waals surface area (Å²) in [5.74, 6) is -3.38. The number of esters is 4. The highest BCUT2D eigenvalue weighted by Gasteiger charge is 2.62. The Morgan fingerprint density at radius 1 is 0.723 bits per heavy atom. The van der Waals surface area contributed by atoms with Crippen LogP contribution in [0.1, 0.15) is 36.7 Å². The summed E-state index contributed by atoms with van der Waals surface area (Å²) in [5.41, 5.74) is 0.389. The summed E-state index contributed by atoms with van der Waals surface area (Å²) in [5, 5.41) is 0. The molecular weight excluding hydrogens is 667 g/mol. The molecule has 5 rings (SSSR count). The Labute approximate surface area is 284 Å². The molecule has 2 aromatic rings. The molecule has 1 amide bonds. The highest BCUT2D eigenvalue weighted by molar-refractivity contribution is 8.26. The normalized spacial score (nSPS) is 17.6. The molecule has 3 aliphatic heterocycles. The quantitative estimate of drug-likeness (QED) is 0.273. The zero-order valence-corrected chi connectivity index (χ0v) is 29.0. The van der Waals surface area contributed by atoms with Gasteiger partial charge in [0.15, 0.2) is 0 Å². The second-order valence-corrected chi connectivity index (χ2v) is 14.3. The summed E-state index contributed by atoms with van der Waals surface area (Å²) in [6, 6.07) is 14.0. The monoisotopic (exact) mass is 697 g/mol. The predicted octanol–water partition coefficient (Wildman–Crippen LogP) is 5.32. The largest absolute Gasteiger partial charge is 0.492 e. The van der Waals surface area contributed by atoms with Crippen LogP contribution in [0.2, 0.25) is 0 Å². The van der Waals surface area contributed by atoms with Gasteiger partial charge in [0.25, 0.3) is 5.91 Å². The van der Waals surface area contributed by atoms with Crippen LogP contribution in [0.3, 0.4) is 0 Å². The second kappa shape index (κ2) is 13.2. The predicted molar refractivity (Wildman–Crippen MR) is 179 cm³/mol. The van der Waals surface area contributed by atoms with Crippen molar-refractivity contribution < 1.29 is 47.7 Å². The first-order valence-corrected chi connectivity index (χ1v) is 16.7. The van der Waals surface area contributed by atoms with Crippen molar-refractivity contribution >= 4 is 76.3 Å². The Kier molecular flexibility index (Phi) is 9.58. The van der Waals surface area contributed by atoms with E-state index in [4.69, 9.17) is 23.7 Å². The van der Waals surface area contributed by atoms with E-state index in [1.165, 1.54) is 28.4 Å². The van der Waals surface area contributed by atoms with Crippen LogP contribution < -0.4 is 9.64 Å². The van der Waals surface area contributed by atoms with E-state index in [0.29, 0.717) is 33.0 Å². The number of methoxy groups -OCH3 is 4. The fourth-order valence-corrected chi connectivity index (χ4v) is 10.7. The molecule has 1 spiro atoms. The second-order valence-electron chi connectivity index (χ2n) is 10.6. The molecule has 0 saturated carbocycles. The number of carbonyl (C=O) groups is 5. The lowest BCUT2D eigenvalue weighted by Crippen LogP contribution is -2.54. The zero-order valence-electron chi connectivity index (χ0n) is 26.6. The van der Waals surface area contributed by atoms with Gasteiger partial charge in [0.05, 0.1) is 51.8 Å². The van der Waals surface area contributed by atoms with Crippen molar-refractivity contribution in [3.05, 3.63) is 84.9 Å². The van der Waals surface area contributed by atoms with Crippen molar-refractivity contribution in [2.45, 2.75) is 30.4 Å². The highest BCUT2D eigenvalue weighted by Crippen LogP contribution is 2.71. The van der Waals surface area contributed by atoms with E-state index in [1.807, 2.05) is 20.8 Å². The minimum absolute atomic E-state index is 0.127. The molecule has 3 heterocycles. The number of hydrogen-bond donors (Lipinski definition) is 0. The number of nitrogens with zero attached hydrogens (tertiary/aromatic N) is 1. The van der Waals surface area contributed by atoms with Gasteiger partial charge in [-0.15, -0.1) is 0 Å². The van der Waals surface area contributed by atoms with Crippen LogP contribution in [-0.4, -0.2) is 74.4 Å². The lowest BCUT2D eigenvalue weighted by Gasteiger charge is -2.51. The maximum absolute atomic E-state index is 14.5. The summed E-state index contributed by atoms with van der Waals surface area (Å²) in [7, 11) is 4.67. The molecule has 3 aliphatic rings. The molecule has 0 fully saturated rings. The van der Waals surface area contributed by atoms with Crippen molar-refractivity contribution in [1.82, 2.24) is 0 Å². The highest BCUT2D eigenvalue weighted by atomic mass is 32.2. The van der Waals surface area contributed by atoms with E-state index >= 15 is 0 Å². The van der Waals surface area contributed by atoms with Crippen LogP contribution in [0.5, 0.6) is 5.75 Å². The van der Waals surface area contributed by atoms with Gasteiger partial charge < -0.3 is 23.7 Å². The Morgan fingerprint density at radius 3 is 1.81 bits per heavy atom. The minimum Gasteiger partial charge on any atom is -0.492 e. The van der Waals surface area contributed by atoms with Crippen LogP contribution in [0.4, 0.5) is 5.69 Å². The third kappa shape index (κ3) is 5.41. The molecule has 2 aromatic carbocycles. The SMILES string of the molecule is CCOc1cccc2c1N(C(=O)c1ccccc1)C(C)(C)C1=C2C2(SC(C(=O)OC)=C(C(=O)OC)S2)C(C(=O)OC)=C(C(=O)OC)S1. The molecule has 246 valence electrons. The molecule has 0 aliphatic carbocycles. The number of carbonyl (C=O) groups excluding carboxylic acids is 5. The first kappa shape index (κ1) is 34.2. The van der Waals surface area contributed by atoms with Crippen molar-refractivity contribution in [2.75, 3.05) is 39.9 Å². The van der Waals surface area contributed by atoms with E-state index in [2.05, 4.69) is 0 Å². The van der Waals surface area contributed by atoms with Crippen LogP contribution >= 0.6 is 35.3 Å². The number of hydrogen-bond acceptors (Lipinski definition) is 13. The number of rotatable bonds is 7. The summed E-state index contributed by atoms with van der Waals surface area (Å²) in [4.78, 5) is 70.0. The van der Waals surface area contributed by atoms with Gasteiger partial charge in [-0.2, -0.15) is 0 Å². The molecule has 47 heavy (non-hydrogen) atoms. The fraction of sp³-hybridized carbons (Fsp3) is 0.303. The molecule has 11 nitrogen and oxygen atoms in total. The smallest absolute Gasteiger partial charge is 0.345 e. The van der Waals surface area contributed by atoms with Gasteiger partial charge in [-0.05, 0) is 39.0 Å². The van der Waals surface area contributed by atoms with E-state index in [1.54, 1.807) is 53.4 Å². The number of anilines is 1. The first-order chi connectivity index (χ1) is 22.4. The van der Waals surface area contributed by atoms with Crippen LogP contribution in [0.25, 0.3) is 5.57 Å². The van der Waals surface area contributed by atoms with Gasteiger partial charge in [0, 0.05) is 21.6 Å². The van der Waals surface area contributed by atoms with Crippen molar-refractivity contribution in [2.24, 2.45) is 0 Å². The Balaban J connectivity index is 1.93. The van der Waals surface area contributed by atoms with Crippen molar-refractivity contribution in [1.29, 1.82) is 0 Å². The molecule has 0 unspecified atom stereocenters. The maximum atomic E-state index is 14.5. The number of amides is 1. The average molecular weight is 698 g/mol. The standard InChI is InChI=1S/C33H31NO10S3/c1-8-44-19-16-12-15-18-20-26(32(2,3)34(22(18)19)27(35)17-13-10-9-11-14-17)45-23(29(37)41-5)21(28(36)40-4)33(20)46-24(30(38)42-6)25(47-33)31(39)43-7/h9-16H,8H2,1-7H3. The first-order valence-electron chi connectivity index (χ1n) is 14.2. The lowest BCUT2D eigenvalue weighted by atomic mass is 9.82. The van der Waals surface area contributed by atoms with Crippen molar-refractivity contribution in [3.8, 4) is 5.75 Å². The molecule has 0 aromatic heterocycles. The molecule has 0 atom stereocenters. The van der Waals surface area contributed by atoms with Crippen LogP contribution in [0.15, 0.2) is 73.7 Å². The van der Waals surface area contributed by atoms with Gasteiger partial charge in [0.2, 0.25) is 0 Å².